The zero-order valence-electron chi connectivity index (χ0n) is 11.4. The third-order valence-electron chi connectivity index (χ3n) is 3.80. The van der Waals surface area contributed by atoms with Crippen LogP contribution in [0.15, 0.2) is 53.4 Å². The molecule has 2 aromatic rings. The third kappa shape index (κ3) is 1.89. The number of para-hydroxylation sites is 1. The fourth-order valence-electron chi connectivity index (χ4n) is 2.49. The molecule has 0 amide bonds. The van der Waals surface area contributed by atoms with Gasteiger partial charge in [0, 0.05) is 11.9 Å². The molecule has 3 heteroatoms. The van der Waals surface area contributed by atoms with Gasteiger partial charge in [0.2, 0.25) is 0 Å². The van der Waals surface area contributed by atoms with Gasteiger partial charge in [0.1, 0.15) is 10.6 Å². The zero-order chi connectivity index (χ0) is 13.5. The van der Waals surface area contributed by atoms with Crippen molar-refractivity contribution in [1.82, 2.24) is 0 Å². The molecule has 0 saturated carbocycles. The Morgan fingerprint density at radius 2 is 1.74 bits per heavy atom. The second kappa shape index (κ2) is 4.49. The monoisotopic (exact) mass is 271 g/mol. The van der Waals surface area contributed by atoms with Crippen LogP contribution in [0.3, 0.4) is 0 Å². The van der Waals surface area contributed by atoms with E-state index in [4.69, 9.17) is 4.74 Å². The summed E-state index contributed by atoms with van der Waals surface area (Å²) in [4.78, 5) is 3.62. The molecule has 3 rings (SSSR count). The van der Waals surface area contributed by atoms with E-state index in [0.717, 1.165) is 5.75 Å². The highest BCUT2D eigenvalue weighted by Gasteiger charge is 2.39. The molecule has 2 aromatic carbocycles. The molecule has 2 nitrogen and oxygen atoms in total. The molecule has 0 aliphatic carbocycles. The predicted molar refractivity (Wildman–Crippen MR) is 81.0 cm³/mol. The summed E-state index contributed by atoms with van der Waals surface area (Å²) < 4.78 is 5.23. The second-order valence-electron chi connectivity index (χ2n) is 4.84. The first-order valence-corrected chi connectivity index (χ1v) is 7.13. The van der Waals surface area contributed by atoms with Gasteiger partial charge in [-0.2, -0.15) is 0 Å². The van der Waals surface area contributed by atoms with Crippen molar-refractivity contribution in [2.45, 2.75) is 16.7 Å². The first-order chi connectivity index (χ1) is 9.15. The number of methoxy groups -OCH3 is 1. The van der Waals surface area contributed by atoms with E-state index < -0.39 is 0 Å². The Hall–Kier alpha value is -1.61. The molecule has 1 aliphatic heterocycles. The molecule has 1 unspecified atom stereocenters. The molecule has 1 atom stereocenters. The molecule has 0 bridgehead atoms. The molecule has 0 spiro atoms. The van der Waals surface area contributed by atoms with Gasteiger partial charge in [-0.1, -0.05) is 36.0 Å². The fourth-order valence-corrected chi connectivity index (χ4v) is 3.86. The highest BCUT2D eigenvalue weighted by atomic mass is 32.2. The molecule has 98 valence electrons. The van der Waals surface area contributed by atoms with Crippen molar-refractivity contribution >= 4 is 17.4 Å². The van der Waals surface area contributed by atoms with Gasteiger partial charge in [-0.25, -0.2) is 0 Å². The van der Waals surface area contributed by atoms with E-state index >= 15 is 0 Å². The largest absolute Gasteiger partial charge is 0.497 e. The first-order valence-electron chi connectivity index (χ1n) is 6.31. The topological polar surface area (TPSA) is 12.5 Å². The summed E-state index contributed by atoms with van der Waals surface area (Å²) in [6, 6.07) is 16.9. The number of hydrogen-bond acceptors (Lipinski definition) is 3. The van der Waals surface area contributed by atoms with Crippen LogP contribution in [-0.4, -0.2) is 14.2 Å². The summed E-state index contributed by atoms with van der Waals surface area (Å²) in [6.45, 7) is 2.26. The summed E-state index contributed by atoms with van der Waals surface area (Å²) in [5.41, 5.74) is 2.59. The highest BCUT2D eigenvalue weighted by molar-refractivity contribution is 8.00. The lowest BCUT2D eigenvalue weighted by Gasteiger charge is -2.33. The minimum Gasteiger partial charge on any atom is -0.497 e. The smallest absolute Gasteiger partial charge is 0.118 e. The Morgan fingerprint density at radius 3 is 2.37 bits per heavy atom. The normalized spacial score (nSPS) is 21.3. The van der Waals surface area contributed by atoms with Gasteiger partial charge in [0.25, 0.3) is 0 Å². The number of nitrogens with zero attached hydrogens (tertiary/aromatic N) is 1. The van der Waals surface area contributed by atoms with Crippen LogP contribution in [0, 0.1) is 0 Å². The molecule has 0 aromatic heterocycles. The summed E-state index contributed by atoms with van der Waals surface area (Å²) >= 11 is 1.90. The van der Waals surface area contributed by atoms with Crippen LogP contribution >= 0.6 is 11.8 Å². The Bertz CT molecular complexity index is 596. The Labute approximate surface area is 118 Å². The predicted octanol–water partition coefficient (Wildman–Crippen LogP) is 4.11. The average Bonchev–Trinajstić information content (AvgIpc) is 2.72. The van der Waals surface area contributed by atoms with Crippen LogP contribution in [0.5, 0.6) is 5.75 Å². The zero-order valence-corrected chi connectivity index (χ0v) is 12.2. The molecule has 0 radical (unpaired) electrons. The van der Waals surface area contributed by atoms with Crippen molar-refractivity contribution in [2.75, 3.05) is 19.1 Å². The van der Waals surface area contributed by atoms with Gasteiger partial charge in [0.05, 0.1) is 12.8 Å². The highest BCUT2D eigenvalue weighted by Crippen LogP contribution is 2.54. The molecular formula is C16H17NOS. The summed E-state index contributed by atoms with van der Waals surface area (Å²) in [7, 11) is 3.85. The third-order valence-corrected chi connectivity index (χ3v) is 5.27. The minimum atomic E-state index is -0.0596. The van der Waals surface area contributed by atoms with Crippen LogP contribution in [0.2, 0.25) is 0 Å². The summed E-state index contributed by atoms with van der Waals surface area (Å²) in [5, 5.41) is 0. The molecular weight excluding hydrogens is 254 g/mol. The van der Waals surface area contributed by atoms with Crippen LogP contribution in [-0.2, 0) is 4.87 Å². The van der Waals surface area contributed by atoms with Crippen LogP contribution in [0.4, 0.5) is 5.69 Å². The van der Waals surface area contributed by atoms with Crippen molar-refractivity contribution in [3.63, 3.8) is 0 Å². The number of ether oxygens (including phenoxy) is 1. The maximum Gasteiger partial charge on any atom is 0.118 e. The van der Waals surface area contributed by atoms with Gasteiger partial charge in [0.15, 0.2) is 0 Å². The molecule has 1 heterocycles. The van der Waals surface area contributed by atoms with Gasteiger partial charge >= 0.3 is 0 Å². The van der Waals surface area contributed by atoms with E-state index in [0.29, 0.717) is 0 Å². The van der Waals surface area contributed by atoms with E-state index in [2.05, 4.69) is 55.3 Å². The van der Waals surface area contributed by atoms with E-state index in [1.165, 1.54) is 16.1 Å². The lowest BCUT2D eigenvalue weighted by molar-refractivity contribution is 0.414. The van der Waals surface area contributed by atoms with Crippen LogP contribution in [0.25, 0.3) is 0 Å². The van der Waals surface area contributed by atoms with Gasteiger partial charge in [-0.3, -0.25) is 0 Å². The average molecular weight is 271 g/mol. The van der Waals surface area contributed by atoms with Crippen LogP contribution < -0.4 is 9.64 Å². The standard InChI is InChI=1S/C16H17NOS/c1-16(12-8-10-13(18-3)11-9-12)17(2)14-6-4-5-7-15(14)19-16/h4-11H,1-3H3. The minimum absolute atomic E-state index is 0.0596. The quantitative estimate of drug-likeness (QED) is 0.815. The van der Waals surface area contributed by atoms with E-state index in [1.54, 1.807) is 7.11 Å². The number of thioether (sulfide) groups is 1. The lowest BCUT2D eigenvalue weighted by Crippen LogP contribution is -2.34. The Kier molecular flexibility index (Phi) is 2.94. The lowest BCUT2D eigenvalue weighted by atomic mass is 10.1. The van der Waals surface area contributed by atoms with E-state index in [1.807, 2.05) is 23.9 Å². The van der Waals surface area contributed by atoms with Crippen molar-refractivity contribution in [1.29, 1.82) is 0 Å². The van der Waals surface area contributed by atoms with E-state index in [9.17, 15) is 0 Å². The first kappa shape index (κ1) is 12.4. The molecule has 0 N–H and O–H groups in total. The van der Waals surface area contributed by atoms with Gasteiger partial charge < -0.3 is 9.64 Å². The van der Waals surface area contributed by atoms with Crippen molar-refractivity contribution in [3.8, 4) is 5.75 Å². The number of hydrogen-bond donors (Lipinski definition) is 0. The Balaban J connectivity index is 2.01. The number of anilines is 1. The molecule has 19 heavy (non-hydrogen) atoms. The number of fused-ring (bicyclic) bond motifs is 1. The summed E-state index contributed by atoms with van der Waals surface area (Å²) in [6.07, 6.45) is 0. The van der Waals surface area contributed by atoms with Crippen molar-refractivity contribution in [3.05, 3.63) is 54.1 Å². The summed E-state index contributed by atoms with van der Waals surface area (Å²) in [5.74, 6) is 0.899. The van der Waals surface area contributed by atoms with E-state index in [-0.39, 0.29) is 4.87 Å². The molecule has 1 aliphatic rings. The molecule has 0 saturated heterocycles. The second-order valence-corrected chi connectivity index (χ2v) is 6.28. The Morgan fingerprint density at radius 1 is 1.05 bits per heavy atom. The van der Waals surface area contributed by atoms with Gasteiger partial charge in [-0.15, -0.1) is 0 Å². The van der Waals surface area contributed by atoms with Gasteiger partial charge in [-0.05, 0) is 36.8 Å². The fraction of sp³-hybridized carbons (Fsp3) is 0.250. The maximum absolute atomic E-state index is 5.23. The van der Waals surface area contributed by atoms with Crippen molar-refractivity contribution < 1.29 is 4.74 Å². The number of benzene rings is 2. The van der Waals surface area contributed by atoms with Crippen molar-refractivity contribution in [2.24, 2.45) is 0 Å². The SMILES string of the molecule is COc1ccc(C2(C)Sc3ccccc3N2C)cc1. The molecule has 0 fully saturated rings. The van der Waals surface area contributed by atoms with Crippen LogP contribution in [0.1, 0.15) is 12.5 Å². The number of rotatable bonds is 2. The maximum atomic E-state index is 5.23.